The Morgan fingerprint density at radius 3 is 2.58 bits per heavy atom. The SMILES string of the molecule is O=C(COC(=O)c1ccc(Cl)cc1O)NCCOc1ccccc1. The Labute approximate surface area is 144 Å². The van der Waals surface area contributed by atoms with Gasteiger partial charge in [0, 0.05) is 5.02 Å². The highest BCUT2D eigenvalue weighted by Gasteiger charge is 2.14. The van der Waals surface area contributed by atoms with Gasteiger partial charge in [0.15, 0.2) is 6.61 Å². The third kappa shape index (κ3) is 5.48. The molecule has 0 atom stereocenters. The topological polar surface area (TPSA) is 84.9 Å². The van der Waals surface area contributed by atoms with Crippen molar-refractivity contribution in [3.8, 4) is 11.5 Å². The molecule has 0 fully saturated rings. The lowest BCUT2D eigenvalue weighted by Crippen LogP contribution is -2.32. The third-order valence-electron chi connectivity index (χ3n) is 2.95. The summed E-state index contributed by atoms with van der Waals surface area (Å²) < 4.78 is 10.2. The van der Waals surface area contributed by atoms with E-state index in [2.05, 4.69) is 5.32 Å². The summed E-state index contributed by atoms with van der Waals surface area (Å²) in [5.74, 6) is -0.867. The Balaban J connectivity index is 1.68. The number of hydrogen-bond donors (Lipinski definition) is 2. The van der Waals surface area contributed by atoms with Crippen molar-refractivity contribution in [1.82, 2.24) is 5.32 Å². The van der Waals surface area contributed by atoms with Gasteiger partial charge in [-0.15, -0.1) is 0 Å². The van der Waals surface area contributed by atoms with Crippen molar-refractivity contribution in [2.45, 2.75) is 0 Å². The van der Waals surface area contributed by atoms with E-state index >= 15 is 0 Å². The fourth-order valence-corrected chi connectivity index (χ4v) is 1.98. The molecule has 126 valence electrons. The Bertz CT molecular complexity index is 705. The fourth-order valence-electron chi connectivity index (χ4n) is 1.81. The van der Waals surface area contributed by atoms with Crippen molar-refractivity contribution < 1.29 is 24.2 Å². The maximum Gasteiger partial charge on any atom is 0.342 e. The number of para-hydroxylation sites is 1. The maximum absolute atomic E-state index is 11.8. The zero-order valence-corrected chi connectivity index (χ0v) is 13.5. The van der Waals surface area contributed by atoms with Crippen molar-refractivity contribution in [2.75, 3.05) is 19.8 Å². The van der Waals surface area contributed by atoms with Gasteiger partial charge in [-0.1, -0.05) is 29.8 Å². The van der Waals surface area contributed by atoms with Crippen LogP contribution >= 0.6 is 11.6 Å². The molecular weight excluding hydrogens is 334 g/mol. The average molecular weight is 350 g/mol. The molecule has 0 saturated heterocycles. The van der Waals surface area contributed by atoms with Crippen LogP contribution in [-0.4, -0.2) is 36.7 Å². The summed E-state index contributed by atoms with van der Waals surface area (Å²) >= 11 is 5.68. The number of carbonyl (C=O) groups is 2. The molecule has 0 heterocycles. The number of phenols is 1. The quantitative estimate of drug-likeness (QED) is 0.592. The van der Waals surface area contributed by atoms with Crippen LogP contribution in [0.15, 0.2) is 48.5 Å². The minimum absolute atomic E-state index is 0.0559. The predicted molar refractivity (Wildman–Crippen MR) is 88.3 cm³/mol. The molecule has 2 rings (SSSR count). The van der Waals surface area contributed by atoms with Gasteiger partial charge >= 0.3 is 5.97 Å². The number of hydrogen-bond acceptors (Lipinski definition) is 5. The second-order valence-corrected chi connectivity index (χ2v) is 5.19. The highest BCUT2D eigenvalue weighted by molar-refractivity contribution is 6.30. The molecule has 0 aliphatic rings. The van der Waals surface area contributed by atoms with Gasteiger partial charge in [-0.05, 0) is 30.3 Å². The van der Waals surface area contributed by atoms with Gasteiger partial charge in [-0.25, -0.2) is 4.79 Å². The van der Waals surface area contributed by atoms with E-state index in [0.29, 0.717) is 17.4 Å². The largest absolute Gasteiger partial charge is 0.507 e. The van der Waals surface area contributed by atoms with Crippen molar-refractivity contribution in [1.29, 1.82) is 0 Å². The Morgan fingerprint density at radius 2 is 1.88 bits per heavy atom. The van der Waals surface area contributed by atoms with E-state index in [4.69, 9.17) is 21.1 Å². The molecule has 0 radical (unpaired) electrons. The van der Waals surface area contributed by atoms with E-state index in [9.17, 15) is 14.7 Å². The second kappa shape index (κ2) is 8.79. The monoisotopic (exact) mass is 349 g/mol. The number of benzene rings is 2. The van der Waals surface area contributed by atoms with E-state index in [1.165, 1.54) is 18.2 Å². The molecule has 0 saturated carbocycles. The van der Waals surface area contributed by atoms with Gasteiger partial charge in [-0.3, -0.25) is 4.79 Å². The summed E-state index contributed by atoms with van der Waals surface area (Å²) in [6.07, 6.45) is 0. The van der Waals surface area contributed by atoms with Gasteiger partial charge in [0.2, 0.25) is 0 Å². The first kappa shape index (κ1) is 17.6. The van der Waals surface area contributed by atoms with Crippen LogP contribution in [0, 0.1) is 0 Å². The number of halogens is 1. The number of nitrogens with one attached hydrogen (secondary N) is 1. The molecule has 0 aliphatic carbocycles. The van der Waals surface area contributed by atoms with Crippen LogP contribution in [-0.2, 0) is 9.53 Å². The third-order valence-corrected chi connectivity index (χ3v) is 3.19. The molecule has 1 amide bonds. The number of phenolic OH excluding ortho intramolecular Hbond substituents is 1. The van der Waals surface area contributed by atoms with Crippen molar-refractivity contribution in [3.63, 3.8) is 0 Å². The molecule has 0 aromatic heterocycles. The molecular formula is C17H16ClNO5. The summed E-state index contributed by atoms with van der Waals surface area (Å²) in [6, 6.07) is 13.2. The summed E-state index contributed by atoms with van der Waals surface area (Å²) in [4.78, 5) is 23.4. The van der Waals surface area contributed by atoms with E-state index in [0.717, 1.165) is 0 Å². The summed E-state index contributed by atoms with van der Waals surface area (Å²) in [5.41, 5.74) is -0.0559. The number of aromatic hydroxyl groups is 1. The van der Waals surface area contributed by atoms with Crippen molar-refractivity contribution in [2.24, 2.45) is 0 Å². The standard InChI is InChI=1S/C17H16ClNO5/c18-12-6-7-14(15(20)10-12)17(22)24-11-16(21)19-8-9-23-13-4-2-1-3-5-13/h1-7,10,20H,8-9,11H2,(H,19,21). The first-order chi connectivity index (χ1) is 11.6. The lowest BCUT2D eigenvalue weighted by molar-refractivity contribution is -0.124. The number of amides is 1. The molecule has 2 aromatic carbocycles. The van der Waals surface area contributed by atoms with Gasteiger partial charge in [0.05, 0.1) is 6.54 Å². The Kier molecular flexibility index (Phi) is 6.45. The van der Waals surface area contributed by atoms with E-state index in [1.54, 1.807) is 0 Å². The van der Waals surface area contributed by atoms with Gasteiger partial charge in [0.25, 0.3) is 5.91 Å². The van der Waals surface area contributed by atoms with Crippen molar-refractivity contribution >= 4 is 23.5 Å². The van der Waals surface area contributed by atoms with E-state index in [1.807, 2.05) is 30.3 Å². The molecule has 0 bridgehead atoms. The molecule has 2 aromatic rings. The second-order valence-electron chi connectivity index (χ2n) is 4.75. The molecule has 0 aliphatic heterocycles. The molecule has 6 nitrogen and oxygen atoms in total. The Morgan fingerprint density at radius 1 is 1.12 bits per heavy atom. The summed E-state index contributed by atoms with van der Waals surface area (Å²) in [7, 11) is 0. The smallest absolute Gasteiger partial charge is 0.342 e. The lowest BCUT2D eigenvalue weighted by atomic mass is 10.2. The maximum atomic E-state index is 11.8. The molecule has 24 heavy (non-hydrogen) atoms. The van der Waals surface area contributed by atoms with Crippen LogP contribution in [0.4, 0.5) is 0 Å². The van der Waals surface area contributed by atoms with Gasteiger partial charge < -0.3 is 19.9 Å². The highest BCUT2D eigenvalue weighted by atomic mass is 35.5. The number of esters is 1. The molecule has 0 spiro atoms. The Hall–Kier alpha value is -2.73. The number of rotatable bonds is 7. The normalized spacial score (nSPS) is 10.0. The summed E-state index contributed by atoms with van der Waals surface area (Å²) in [5, 5.41) is 12.5. The van der Waals surface area contributed by atoms with Crippen LogP contribution in [0.2, 0.25) is 5.02 Å². The van der Waals surface area contributed by atoms with Crippen molar-refractivity contribution in [3.05, 3.63) is 59.1 Å². The van der Waals surface area contributed by atoms with E-state index in [-0.39, 0.29) is 17.9 Å². The van der Waals surface area contributed by atoms with Gasteiger partial charge in [0.1, 0.15) is 23.7 Å². The minimum Gasteiger partial charge on any atom is -0.507 e. The van der Waals surface area contributed by atoms with Crippen LogP contribution in [0.25, 0.3) is 0 Å². The van der Waals surface area contributed by atoms with Crippen LogP contribution in [0.1, 0.15) is 10.4 Å². The lowest BCUT2D eigenvalue weighted by Gasteiger charge is -2.09. The zero-order valence-electron chi connectivity index (χ0n) is 12.7. The molecule has 7 heteroatoms. The fraction of sp³-hybridized carbons (Fsp3) is 0.176. The summed E-state index contributed by atoms with van der Waals surface area (Å²) in [6.45, 7) is 0.116. The highest BCUT2D eigenvalue weighted by Crippen LogP contribution is 2.22. The molecule has 0 unspecified atom stereocenters. The number of carbonyl (C=O) groups excluding carboxylic acids is 2. The van der Waals surface area contributed by atoms with E-state index < -0.39 is 18.5 Å². The van der Waals surface area contributed by atoms with Crippen LogP contribution in [0.5, 0.6) is 11.5 Å². The van der Waals surface area contributed by atoms with Gasteiger partial charge in [-0.2, -0.15) is 0 Å². The zero-order chi connectivity index (χ0) is 17.4. The van der Waals surface area contributed by atoms with Crippen LogP contribution < -0.4 is 10.1 Å². The van der Waals surface area contributed by atoms with Crippen LogP contribution in [0.3, 0.4) is 0 Å². The predicted octanol–water partition coefficient (Wildman–Crippen LogP) is 2.40. The first-order valence-corrected chi connectivity index (χ1v) is 7.54. The molecule has 2 N–H and O–H groups in total. The average Bonchev–Trinajstić information content (AvgIpc) is 2.57. The number of ether oxygens (including phenoxy) is 2. The minimum atomic E-state index is -0.806. The first-order valence-electron chi connectivity index (χ1n) is 7.16.